The van der Waals surface area contributed by atoms with Crippen LogP contribution in [0.2, 0.25) is 0 Å². The third kappa shape index (κ3) is 1.70. The van der Waals surface area contributed by atoms with Gasteiger partial charge in [0.15, 0.2) is 11.6 Å². The molecule has 0 bridgehead atoms. The molecule has 11 heavy (non-hydrogen) atoms. The van der Waals surface area contributed by atoms with Crippen molar-refractivity contribution in [2.24, 2.45) is 5.73 Å². The van der Waals surface area contributed by atoms with Crippen molar-refractivity contribution in [3.05, 3.63) is 28.0 Å². The zero-order valence-electron chi connectivity index (χ0n) is 5.64. The van der Waals surface area contributed by atoms with Gasteiger partial charge in [-0.25, -0.2) is 4.39 Å². The number of phenols is 1. The van der Waals surface area contributed by atoms with Crippen molar-refractivity contribution in [2.75, 3.05) is 0 Å². The monoisotopic (exact) mass is 219 g/mol. The number of hydrogen-bond acceptors (Lipinski definition) is 2. The summed E-state index contributed by atoms with van der Waals surface area (Å²) in [5.41, 5.74) is 5.99. The van der Waals surface area contributed by atoms with Gasteiger partial charge in [-0.3, -0.25) is 0 Å². The maximum absolute atomic E-state index is 12.6. The van der Waals surface area contributed by atoms with E-state index in [1.165, 1.54) is 12.1 Å². The number of benzene rings is 1. The SMILES string of the molecule is NCc1cc(O)c(F)cc1Br. The number of nitrogens with two attached hydrogens (primary N) is 1. The molecule has 0 fully saturated rings. The minimum absolute atomic E-state index is 0.272. The van der Waals surface area contributed by atoms with Crippen LogP contribution in [0, 0.1) is 5.82 Å². The fraction of sp³-hybridized carbons (Fsp3) is 0.143. The average molecular weight is 220 g/mol. The molecule has 1 rings (SSSR count). The second-order valence-electron chi connectivity index (χ2n) is 2.10. The molecule has 4 heteroatoms. The summed E-state index contributed by atoms with van der Waals surface area (Å²) in [6.45, 7) is 0.272. The molecule has 0 aromatic heterocycles. The fourth-order valence-corrected chi connectivity index (χ4v) is 1.21. The van der Waals surface area contributed by atoms with Crippen molar-refractivity contribution in [1.82, 2.24) is 0 Å². The Morgan fingerprint density at radius 2 is 2.18 bits per heavy atom. The molecule has 60 valence electrons. The molecule has 0 aliphatic heterocycles. The van der Waals surface area contributed by atoms with Crippen LogP contribution in [0.25, 0.3) is 0 Å². The van der Waals surface area contributed by atoms with Gasteiger partial charge in [0, 0.05) is 11.0 Å². The van der Waals surface area contributed by atoms with Crippen LogP contribution in [0.15, 0.2) is 16.6 Å². The minimum atomic E-state index is -0.644. The van der Waals surface area contributed by atoms with Crippen molar-refractivity contribution in [2.45, 2.75) is 6.54 Å². The van der Waals surface area contributed by atoms with Crippen molar-refractivity contribution < 1.29 is 9.50 Å². The van der Waals surface area contributed by atoms with E-state index in [1.807, 2.05) is 0 Å². The van der Waals surface area contributed by atoms with Gasteiger partial charge in [0.05, 0.1) is 0 Å². The lowest BCUT2D eigenvalue weighted by Crippen LogP contribution is -1.97. The first-order chi connectivity index (χ1) is 5.15. The molecule has 0 saturated carbocycles. The number of phenolic OH excluding ortho intramolecular Hbond substituents is 1. The molecule has 0 amide bonds. The van der Waals surface area contributed by atoms with E-state index < -0.39 is 5.82 Å². The highest BCUT2D eigenvalue weighted by Crippen LogP contribution is 2.24. The summed E-state index contributed by atoms with van der Waals surface area (Å²) < 4.78 is 13.2. The Morgan fingerprint density at radius 1 is 1.55 bits per heavy atom. The van der Waals surface area contributed by atoms with Crippen LogP contribution in [0.1, 0.15) is 5.56 Å². The standard InChI is InChI=1S/C7H7BrFNO/c8-5-2-6(9)7(11)1-4(5)3-10/h1-2,11H,3,10H2. The molecular weight excluding hydrogens is 213 g/mol. The van der Waals surface area contributed by atoms with Gasteiger partial charge in [-0.1, -0.05) is 15.9 Å². The minimum Gasteiger partial charge on any atom is -0.505 e. The van der Waals surface area contributed by atoms with Gasteiger partial charge >= 0.3 is 0 Å². The van der Waals surface area contributed by atoms with Gasteiger partial charge in [-0.15, -0.1) is 0 Å². The highest BCUT2D eigenvalue weighted by atomic mass is 79.9. The van der Waals surface area contributed by atoms with Gasteiger partial charge in [-0.2, -0.15) is 0 Å². The van der Waals surface area contributed by atoms with E-state index in [-0.39, 0.29) is 12.3 Å². The number of halogens is 2. The molecule has 0 saturated heterocycles. The number of aromatic hydroxyl groups is 1. The zero-order valence-corrected chi connectivity index (χ0v) is 7.23. The van der Waals surface area contributed by atoms with E-state index in [1.54, 1.807) is 0 Å². The molecule has 1 aromatic rings. The maximum atomic E-state index is 12.6. The molecule has 0 aliphatic carbocycles. The predicted octanol–water partition coefficient (Wildman–Crippen LogP) is 1.75. The molecule has 1 aromatic carbocycles. The molecule has 0 aliphatic rings. The molecule has 0 atom stereocenters. The van der Waals surface area contributed by atoms with Crippen LogP contribution >= 0.6 is 15.9 Å². The Bertz CT molecular complexity index is 277. The normalized spacial score (nSPS) is 10.1. The van der Waals surface area contributed by atoms with Crippen LogP contribution in [0.5, 0.6) is 5.75 Å². The Hall–Kier alpha value is -0.610. The predicted molar refractivity (Wildman–Crippen MR) is 43.7 cm³/mol. The summed E-state index contributed by atoms with van der Waals surface area (Å²) in [5, 5.41) is 8.90. The second-order valence-corrected chi connectivity index (χ2v) is 2.95. The first-order valence-corrected chi connectivity index (χ1v) is 3.81. The smallest absolute Gasteiger partial charge is 0.165 e. The summed E-state index contributed by atoms with van der Waals surface area (Å²) in [7, 11) is 0. The first-order valence-electron chi connectivity index (χ1n) is 3.02. The van der Waals surface area contributed by atoms with Crippen molar-refractivity contribution in [3.8, 4) is 5.75 Å². The van der Waals surface area contributed by atoms with Crippen molar-refractivity contribution in [3.63, 3.8) is 0 Å². The lowest BCUT2D eigenvalue weighted by Gasteiger charge is -2.02. The highest BCUT2D eigenvalue weighted by Gasteiger charge is 2.04. The largest absolute Gasteiger partial charge is 0.505 e. The van der Waals surface area contributed by atoms with E-state index in [0.29, 0.717) is 10.0 Å². The summed E-state index contributed by atoms with van der Waals surface area (Å²) >= 11 is 3.11. The van der Waals surface area contributed by atoms with Crippen LogP contribution in [-0.2, 0) is 6.54 Å². The van der Waals surface area contributed by atoms with Crippen LogP contribution in [-0.4, -0.2) is 5.11 Å². The molecular formula is C7H7BrFNO. The Morgan fingerprint density at radius 3 is 2.73 bits per heavy atom. The molecule has 2 nitrogen and oxygen atoms in total. The van der Waals surface area contributed by atoms with Gasteiger partial charge in [0.25, 0.3) is 0 Å². The van der Waals surface area contributed by atoms with E-state index in [4.69, 9.17) is 10.8 Å². The zero-order chi connectivity index (χ0) is 8.43. The van der Waals surface area contributed by atoms with Crippen molar-refractivity contribution in [1.29, 1.82) is 0 Å². The number of rotatable bonds is 1. The lowest BCUT2D eigenvalue weighted by molar-refractivity contribution is 0.431. The lowest BCUT2D eigenvalue weighted by atomic mass is 10.2. The van der Waals surface area contributed by atoms with E-state index in [0.717, 1.165) is 0 Å². The third-order valence-electron chi connectivity index (χ3n) is 1.34. The first kappa shape index (κ1) is 8.49. The summed E-state index contributed by atoms with van der Waals surface area (Å²) in [5.74, 6) is -1.01. The topological polar surface area (TPSA) is 46.2 Å². The summed E-state index contributed by atoms with van der Waals surface area (Å²) in [6.07, 6.45) is 0. The van der Waals surface area contributed by atoms with Gasteiger partial charge < -0.3 is 10.8 Å². The van der Waals surface area contributed by atoms with Crippen molar-refractivity contribution >= 4 is 15.9 Å². The van der Waals surface area contributed by atoms with Crippen LogP contribution < -0.4 is 5.73 Å². The molecule has 0 heterocycles. The summed E-state index contributed by atoms with van der Waals surface area (Å²) in [6, 6.07) is 2.50. The number of hydrogen-bond donors (Lipinski definition) is 2. The second kappa shape index (κ2) is 3.19. The maximum Gasteiger partial charge on any atom is 0.165 e. The van der Waals surface area contributed by atoms with E-state index in [2.05, 4.69) is 15.9 Å². The van der Waals surface area contributed by atoms with Crippen LogP contribution in [0.4, 0.5) is 4.39 Å². The quantitative estimate of drug-likeness (QED) is 0.757. The molecule has 0 unspecified atom stereocenters. The van der Waals surface area contributed by atoms with Crippen LogP contribution in [0.3, 0.4) is 0 Å². The van der Waals surface area contributed by atoms with Gasteiger partial charge in [0.1, 0.15) is 0 Å². The van der Waals surface area contributed by atoms with Gasteiger partial charge in [0.2, 0.25) is 0 Å². The highest BCUT2D eigenvalue weighted by molar-refractivity contribution is 9.10. The molecule has 3 N–H and O–H groups in total. The van der Waals surface area contributed by atoms with Gasteiger partial charge in [-0.05, 0) is 17.7 Å². The molecule has 0 spiro atoms. The Labute approximate surface area is 72.0 Å². The Balaban J connectivity index is 3.21. The third-order valence-corrected chi connectivity index (χ3v) is 2.07. The molecule has 0 radical (unpaired) electrons. The summed E-state index contributed by atoms with van der Waals surface area (Å²) in [4.78, 5) is 0. The van der Waals surface area contributed by atoms with E-state index >= 15 is 0 Å². The fourth-order valence-electron chi connectivity index (χ4n) is 0.737. The Kier molecular flexibility index (Phi) is 2.46. The van der Waals surface area contributed by atoms with E-state index in [9.17, 15) is 4.39 Å². The average Bonchev–Trinajstić information content (AvgIpc) is 1.97.